The van der Waals surface area contributed by atoms with E-state index in [1.807, 2.05) is 18.2 Å². The number of ether oxygens (including phenoxy) is 3. The molecule has 2 aromatic heterocycles. The topological polar surface area (TPSA) is 71.3 Å². The molecule has 0 amide bonds. The van der Waals surface area contributed by atoms with Crippen LogP contribution in [0.3, 0.4) is 0 Å². The monoisotopic (exact) mass is 496 g/mol. The normalized spacial score (nSPS) is 26.3. The predicted molar refractivity (Wildman–Crippen MR) is 121 cm³/mol. The average molecular weight is 497 g/mol. The van der Waals surface area contributed by atoms with Gasteiger partial charge in [-0.1, -0.05) is 40.2 Å². The highest BCUT2D eigenvalue weighted by molar-refractivity contribution is 9.09. The van der Waals surface area contributed by atoms with Crippen molar-refractivity contribution in [3.63, 3.8) is 0 Å². The molecular weight excluding hydrogens is 472 g/mol. The van der Waals surface area contributed by atoms with Crippen LogP contribution in [-0.2, 0) is 15.9 Å². The third kappa shape index (κ3) is 3.45. The van der Waals surface area contributed by atoms with Crippen molar-refractivity contribution in [2.24, 2.45) is 0 Å². The van der Waals surface area contributed by atoms with Crippen LogP contribution in [0.15, 0.2) is 48.7 Å². The van der Waals surface area contributed by atoms with Crippen LogP contribution in [0, 0.1) is 0 Å². The molecule has 1 saturated heterocycles. The summed E-state index contributed by atoms with van der Waals surface area (Å²) in [5.41, 5.74) is 2.31. The summed E-state index contributed by atoms with van der Waals surface area (Å²) in [6.45, 7) is 1.18. The zero-order chi connectivity index (χ0) is 21.5. The number of nitrogens with zero attached hydrogens (tertiary/aromatic N) is 4. The number of hydrogen-bond donors (Lipinski definition) is 0. The van der Waals surface area contributed by atoms with Gasteiger partial charge in [-0.05, 0) is 43.4 Å². The molecule has 1 atom stereocenters. The number of rotatable bonds is 3. The Morgan fingerprint density at radius 2 is 1.69 bits per heavy atom. The van der Waals surface area contributed by atoms with Crippen molar-refractivity contribution >= 4 is 15.9 Å². The Morgan fingerprint density at radius 1 is 0.938 bits per heavy atom. The number of hydrogen-bond acceptors (Lipinski definition) is 6. The lowest BCUT2D eigenvalue weighted by Crippen LogP contribution is -2.37. The van der Waals surface area contributed by atoms with E-state index in [1.54, 1.807) is 6.20 Å². The first kappa shape index (κ1) is 20.3. The lowest BCUT2D eigenvalue weighted by Gasteiger charge is -2.30. The summed E-state index contributed by atoms with van der Waals surface area (Å²) in [6, 6.07) is 14.2. The Kier molecular flexibility index (Phi) is 5.24. The maximum atomic E-state index is 6.14. The Hall–Kier alpha value is -2.29. The number of benzene rings is 1. The first-order valence-electron chi connectivity index (χ1n) is 11.3. The zero-order valence-corrected chi connectivity index (χ0v) is 19.3. The summed E-state index contributed by atoms with van der Waals surface area (Å²) in [7, 11) is 0. The molecule has 1 aromatic carbocycles. The van der Waals surface area contributed by atoms with Crippen LogP contribution in [0.4, 0.5) is 0 Å². The molecule has 1 unspecified atom stereocenters. The van der Waals surface area contributed by atoms with E-state index >= 15 is 0 Å². The predicted octanol–water partition coefficient (Wildman–Crippen LogP) is 4.50. The van der Waals surface area contributed by atoms with Gasteiger partial charge in [-0.15, -0.1) is 10.2 Å². The minimum Gasteiger partial charge on any atom is -0.474 e. The van der Waals surface area contributed by atoms with Crippen molar-refractivity contribution in [1.29, 1.82) is 0 Å². The molecule has 6 rings (SSSR count). The van der Waals surface area contributed by atoms with Gasteiger partial charge < -0.3 is 14.2 Å². The summed E-state index contributed by atoms with van der Waals surface area (Å²) in [4.78, 5) is 4.10. The number of halogens is 1. The molecule has 2 aliphatic heterocycles. The van der Waals surface area contributed by atoms with Gasteiger partial charge >= 0.3 is 0 Å². The van der Waals surface area contributed by atoms with E-state index in [2.05, 4.69) is 54.8 Å². The maximum Gasteiger partial charge on any atom is 0.213 e. The van der Waals surface area contributed by atoms with Gasteiger partial charge in [0, 0.05) is 24.6 Å². The van der Waals surface area contributed by atoms with Gasteiger partial charge in [0.2, 0.25) is 5.88 Å². The highest BCUT2D eigenvalue weighted by atomic mass is 79.9. The van der Waals surface area contributed by atoms with Gasteiger partial charge in [0.1, 0.15) is 16.8 Å². The Balaban J connectivity index is 1.30. The smallest absolute Gasteiger partial charge is 0.213 e. The molecule has 3 aromatic rings. The number of aromatic nitrogens is 4. The summed E-state index contributed by atoms with van der Waals surface area (Å²) >= 11 is 3.86. The van der Waals surface area contributed by atoms with E-state index in [0.29, 0.717) is 31.4 Å². The summed E-state index contributed by atoms with van der Waals surface area (Å²) in [5, 5.41) is 9.34. The molecule has 1 saturated carbocycles. The quantitative estimate of drug-likeness (QED) is 0.497. The lowest BCUT2D eigenvalue weighted by atomic mass is 9.86. The molecule has 0 bridgehead atoms. The van der Waals surface area contributed by atoms with Crippen molar-refractivity contribution in [3.05, 3.63) is 65.9 Å². The molecular formula is C24H25BrN4O3. The van der Waals surface area contributed by atoms with E-state index in [9.17, 15) is 0 Å². The third-order valence-corrected chi connectivity index (χ3v) is 7.84. The Bertz CT molecular complexity index is 1090. The molecule has 1 spiro atoms. The van der Waals surface area contributed by atoms with E-state index in [1.165, 1.54) is 5.56 Å². The lowest BCUT2D eigenvalue weighted by molar-refractivity contribution is -0.156. The van der Waals surface area contributed by atoms with E-state index in [0.717, 1.165) is 43.0 Å². The summed E-state index contributed by atoms with van der Waals surface area (Å²) in [6.07, 6.45) is 6.58. The van der Waals surface area contributed by atoms with Crippen LogP contribution >= 0.6 is 15.9 Å². The molecule has 7 nitrogen and oxygen atoms in total. The van der Waals surface area contributed by atoms with Crippen molar-refractivity contribution in [2.45, 2.75) is 54.7 Å². The fourth-order valence-electron chi connectivity index (χ4n) is 5.16. The van der Waals surface area contributed by atoms with Crippen molar-refractivity contribution in [3.8, 4) is 11.6 Å². The molecule has 3 aliphatic rings. The fourth-order valence-corrected chi connectivity index (χ4v) is 5.88. The molecule has 4 heterocycles. The molecule has 2 fully saturated rings. The number of fused-ring (bicyclic) bond motifs is 3. The van der Waals surface area contributed by atoms with Crippen LogP contribution in [0.5, 0.6) is 5.88 Å². The van der Waals surface area contributed by atoms with Crippen molar-refractivity contribution < 1.29 is 14.2 Å². The molecule has 0 radical (unpaired) electrons. The molecule has 1 aliphatic carbocycles. The first-order chi connectivity index (χ1) is 15.7. The second-order valence-electron chi connectivity index (χ2n) is 8.69. The minimum atomic E-state index is -0.747. The minimum absolute atomic E-state index is 0.187. The standard InChI is InChI=1S/C24H25BrN4O3/c25-21-23-28-27-22(16-8-10-18(11-9-16)32-20-7-3-4-12-26-20)29(23)19-6-2-1-5-17(19)15-24(21)30-13-14-31-24/h1-7,12,16,18,21H,8-11,13-15H2. The van der Waals surface area contributed by atoms with Gasteiger partial charge in [0.15, 0.2) is 11.6 Å². The fraction of sp³-hybridized carbons (Fsp3) is 0.458. The van der Waals surface area contributed by atoms with Gasteiger partial charge in [-0.3, -0.25) is 4.57 Å². The summed E-state index contributed by atoms with van der Waals surface area (Å²) in [5.74, 6) is 2.14. The first-order valence-corrected chi connectivity index (χ1v) is 12.2. The van der Waals surface area contributed by atoms with E-state index < -0.39 is 5.79 Å². The van der Waals surface area contributed by atoms with E-state index in [4.69, 9.17) is 19.3 Å². The van der Waals surface area contributed by atoms with Crippen molar-refractivity contribution in [1.82, 2.24) is 19.7 Å². The van der Waals surface area contributed by atoms with Crippen LogP contribution < -0.4 is 4.74 Å². The largest absolute Gasteiger partial charge is 0.474 e. The van der Waals surface area contributed by atoms with Gasteiger partial charge in [-0.2, -0.15) is 0 Å². The number of para-hydroxylation sites is 1. The maximum absolute atomic E-state index is 6.14. The summed E-state index contributed by atoms with van der Waals surface area (Å²) < 4.78 is 20.6. The van der Waals surface area contributed by atoms with E-state index in [-0.39, 0.29) is 10.9 Å². The second-order valence-corrected chi connectivity index (χ2v) is 9.60. The van der Waals surface area contributed by atoms with Crippen LogP contribution in [0.1, 0.15) is 53.6 Å². The third-order valence-electron chi connectivity index (χ3n) is 6.74. The molecule has 0 N–H and O–H groups in total. The van der Waals surface area contributed by atoms with Crippen molar-refractivity contribution in [2.75, 3.05) is 13.2 Å². The molecule has 166 valence electrons. The van der Waals surface area contributed by atoms with Gasteiger partial charge in [-0.25, -0.2) is 4.98 Å². The van der Waals surface area contributed by atoms with Crippen LogP contribution in [-0.4, -0.2) is 44.9 Å². The highest BCUT2D eigenvalue weighted by Gasteiger charge is 2.49. The zero-order valence-electron chi connectivity index (χ0n) is 17.7. The SMILES string of the molecule is BrC1c2nnc(C3CCC(Oc4ccccn4)CC3)n2-c2ccccc2CC12OCCO2. The van der Waals surface area contributed by atoms with Gasteiger partial charge in [0.25, 0.3) is 0 Å². The second kappa shape index (κ2) is 8.24. The average Bonchev–Trinajstić information content (AvgIpc) is 3.46. The highest BCUT2D eigenvalue weighted by Crippen LogP contribution is 2.47. The molecule has 32 heavy (non-hydrogen) atoms. The van der Waals surface area contributed by atoms with Crippen LogP contribution in [0.25, 0.3) is 5.69 Å². The van der Waals surface area contributed by atoms with Gasteiger partial charge in [0.05, 0.1) is 18.9 Å². The number of pyridine rings is 1. The molecule has 8 heteroatoms. The number of alkyl halides is 1. The Labute approximate surface area is 195 Å². The van der Waals surface area contributed by atoms with Crippen LogP contribution in [0.2, 0.25) is 0 Å². The Morgan fingerprint density at radius 3 is 2.47 bits per heavy atom.